The highest BCUT2D eigenvalue weighted by Crippen LogP contribution is 2.22. The third kappa shape index (κ3) is 4.72. The summed E-state index contributed by atoms with van der Waals surface area (Å²) in [5.74, 6) is -0.683. The van der Waals surface area contributed by atoms with E-state index in [-0.39, 0.29) is 25.0 Å². The first-order valence-electron chi connectivity index (χ1n) is 7.66. The number of nitrogens with zero attached hydrogens (tertiary/aromatic N) is 2. The largest absolute Gasteiger partial charge is 0.481 e. The van der Waals surface area contributed by atoms with E-state index >= 15 is 0 Å². The van der Waals surface area contributed by atoms with Gasteiger partial charge in [-0.3, -0.25) is 9.59 Å². The lowest BCUT2D eigenvalue weighted by Gasteiger charge is -2.22. The number of aromatic nitrogens is 1. The fraction of sp³-hybridized carbons (Fsp3) is 0.562. The highest BCUT2D eigenvalue weighted by Gasteiger charge is 2.17. The molecule has 1 aromatic rings. The van der Waals surface area contributed by atoms with E-state index in [9.17, 15) is 9.59 Å². The van der Waals surface area contributed by atoms with Crippen molar-refractivity contribution in [3.05, 3.63) is 23.9 Å². The van der Waals surface area contributed by atoms with Gasteiger partial charge in [-0.15, -0.1) is 0 Å². The van der Waals surface area contributed by atoms with Crippen molar-refractivity contribution >= 4 is 11.9 Å². The molecule has 1 fully saturated rings. The molecular weight excluding hydrogens is 284 g/mol. The van der Waals surface area contributed by atoms with E-state index in [0.29, 0.717) is 11.4 Å². The van der Waals surface area contributed by atoms with E-state index in [2.05, 4.69) is 4.98 Å². The zero-order valence-corrected chi connectivity index (χ0v) is 12.8. The first kappa shape index (κ1) is 16.3. The van der Waals surface area contributed by atoms with Crippen LogP contribution in [-0.4, -0.2) is 46.6 Å². The van der Waals surface area contributed by atoms with Crippen LogP contribution >= 0.6 is 0 Å². The molecule has 1 saturated carbocycles. The standard InChI is InChI=1S/C16H22N2O4/c1-18(10-8-15(19)20)16(21)12-7-9-17-14(11-12)22-13-5-3-2-4-6-13/h7,9,11,13H,2-6,8,10H2,1H3,(H,19,20). The number of pyridine rings is 1. The summed E-state index contributed by atoms with van der Waals surface area (Å²) in [7, 11) is 1.59. The molecule has 1 aliphatic rings. The fourth-order valence-corrected chi connectivity index (χ4v) is 2.55. The molecule has 1 aliphatic carbocycles. The van der Waals surface area contributed by atoms with E-state index in [1.54, 1.807) is 25.4 Å². The minimum absolute atomic E-state index is 0.0707. The van der Waals surface area contributed by atoms with Gasteiger partial charge in [-0.05, 0) is 31.7 Å². The molecule has 1 heterocycles. The Hall–Kier alpha value is -2.11. The Balaban J connectivity index is 1.97. The number of carbonyl (C=O) groups is 2. The highest BCUT2D eigenvalue weighted by atomic mass is 16.5. The second-order valence-electron chi connectivity index (χ2n) is 5.63. The van der Waals surface area contributed by atoms with Crippen LogP contribution in [0, 0.1) is 0 Å². The molecule has 0 bridgehead atoms. The van der Waals surface area contributed by atoms with Gasteiger partial charge in [-0.2, -0.15) is 0 Å². The van der Waals surface area contributed by atoms with Gasteiger partial charge in [0, 0.05) is 31.4 Å². The molecule has 0 unspecified atom stereocenters. The van der Waals surface area contributed by atoms with Crippen molar-refractivity contribution in [3.8, 4) is 5.88 Å². The fourth-order valence-electron chi connectivity index (χ4n) is 2.55. The number of ether oxygens (including phenoxy) is 1. The second-order valence-corrected chi connectivity index (χ2v) is 5.63. The van der Waals surface area contributed by atoms with Gasteiger partial charge in [0.1, 0.15) is 6.10 Å². The molecule has 2 rings (SSSR count). The number of carboxylic acid groups (broad SMARTS) is 1. The maximum absolute atomic E-state index is 12.3. The molecule has 6 nitrogen and oxygen atoms in total. The normalized spacial score (nSPS) is 15.3. The van der Waals surface area contributed by atoms with Crippen molar-refractivity contribution in [2.24, 2.45) is 0 Å². The maximum Gasteiger partial charge on any atom is 0.305 e. The Bertz CT molecular complexity index is 527. The third-order valence-corrected chi connectivity index (χ3v) is 3.83. The van der Waals surface area contributed by atoms with Gasteiger partial charge < -0.3 is 14.7 Å². The zero-order valence-electron chi connectivity index (χ0n) is 12.8. The molecule has 1 N–H and O–H groups in total. The first-order valence-corrected chi connectivity index (χ1v) is 7.66. The predicted octanol–water partition coefficient (Wildman–Crippen LogP) is 2.34. The summed E-state index contributed by atoms with van der Waals surface area (Å²) in [6.45, 7) is 0.176. The van der Waals surface area contributed by atoms with Gasteiger partial charge >= 0.3 is 5.97 Å². The van der Waals surface area contributed by atoms with Crippen molar-refractivity contribution in [1.82, 2.24) is 9.88 Å². The first-order chi connectivity index (χ1) is 10.6. The SMILES string of the molecule is CN(CCC(=O)O)C(=O)c1ccnc(OC2CCCCC2)c1. The lowest BCUT2D eigenvalue weighted by molar-refractivity contribution is -0.137. The Labute approximate surface area is 130 Å². The quantitative estimate of drug-likeness (QED) is 0.872. The number of aliphatic carboxylic acids is 1. The summed E-state index contributed by atoms with van der Waals surface area (Å²) in [5.41, 5.74) is 0.466. The van der Waals surface area contributed by atoms with Crippen molar-refractivity contribution in [2.75, 3.05) is 13.6 Å². The molecule has 0 atom stereocenters. The lowest BCUT2D eigenvalue weighted by atomic mass is 9.98. The maximum atomic E-state index is 12.3. The van der Waals surface area contributed by atoms with E-state index in [0.717, 1.165) is 12.8 Å². The van der Waals surface area contributed by atoms with E-state index in [4.69, 9.17) is 9.84 Å². The van der Waals surface area contributed by atoms with Crippen LogP contribution in [0.25, 0.3) is 0 Å². The van der Waals surface area contributed by atoms with Crippen molar-refractivity contribution in [3.63, 3.8) is 0 Å². The van der Waals surface area contributed by atoms with Crippen LogP contribution in [0.15, 0.2) is 18.3 Å². The van der Waals surface area contributed by atoms with Gasteiger partial charge in [-0.25, -0.2) is 4.98 Å². The van der Waals surface area contributed by atoms with Crippen molar-refractivity contribution < 1.29 is 19.4 Å². The molecule has 120 valence electrons. The molecule has 0 saturated heterocycles. The summed E-state index contributed by atoms with van der Waals surface area (Å²) in [6, 6.07) is 3.25. The summed E-state index contributed by atoms with van der Waals surface area (Å²) in [5, 5.41) is 8.67. The molecule has 1 amide bonds. The Morgan fingerprint density at radius 2 is 2.09 bits per heavy atom. The number of carboxylic acids is 1. The molecule has 22 heavy (non-hydrogen) atoms. The van der Waals surface area contributed by atoms with Crippen LogP contribution in [-0.2, 0) is 4.79 Å². The molecule has 0 aliphatic heterocycles. The number of hydrogen-bond donors (Lipinski definition) is 1. The molecular formula is C16H22N2O4. The second kappa shape index (κ2) is 7.77. The van der Waals surface area contributed by atoms with Crippen molar-refractivity contribution in [1.29, 1.82) is 0 Å². The summed E-state index contributed by atoms with van der Waals surface area (Å²) >= 11 is 0. The van der Waals surface area contributed by atoms with Gasteiger partial charge in [0.25, 0.3) is 5.91 Å². The predicted molar refractivity (Wildman–Crippen MR) is 81.0 cm³/mol. The van der Waals surface area contributed by atoms with Crippen LogP contribution in [0.1, 0.15) is 48.9 Å². The molecule has 0 aromatic carbocycles. The Morgan fingerprint density at radius 1 is 1.36 bits per heavy atom. The van der Waals surface area contributed by atoms with Gasteiger partial charge in [0.05, 0.1) is 6.42 Å². The minimum atomic E-state index is -0.921. The number of rotatable bonds is 6. The van der Waals surface area contributed by atoms with E-state index in [1.807, 2.05) is 0 Å². The molecule has 0 radical (unpaired) electrons. The summed E-state index contributed by atoms with van der Waals surface area (Å²) < 4.78 is 5.85. The van der Waals surface area contributed by atoms with Gasteiger partial charge in [0.15, 0.2) is 0 Å². The smallest absolute Gasteiger partial charge is 0.305 e. The minimum Gasteiger partial charge on any atom is -0.481 e. The topological polar surface area (TPSA) is 79.7 Å². The average molecular weight is 306 g/mol. The zero-order chi connectivity index (χ0) is 15.9. The van der Waals surface area contributed by atoms with Crippen LogP contribution in [0.4, 0.5) is 0 Å². The average Bonchev–Trinajstić information content (AvgIpc) is 2.53. The summed E-state index contributed by atoms with van der Waals surface area (Å²) in [4.78, 5) is 28.4. The number of hydrogen-bond acceptors (Lipinski definition) is 4. The monoisotopic (exact) mass is 306 g/mol. The van der Waals surface area contributed by atoms with Gasteiger partial charge in [-0.1, -0.05) is 6.42 Å². The lowest BCUT2D eigenvalue weighted by Crippen LogP contribution is -2.29. The van der Waals surface area contributed by atoms with Crippen molar-refractivity contribution in [2.45, 2.75) is 44.6 Å². The Kier molecular flexibility index (Phi) is 5.75. The molecule has 0 spiro atoms. The van der Waals surface area contributed by atoms with E-state index in [1.165, 1.54) is 24.2 Å². The van der Waals surface area contributed by atoms with Crippen LogP contribution in [0.2, 0.25) is 0 Å². The van der Waals surface area contributed by atoms with Crippen LogP contribution in [0.3, 0.4) is 0 Å². The number of amides is 1. The molecule has 1 aromatic heterocycles. The Morgan fingerprint density at radius 3 is 2.77 bits per heavy atom. The highest BCUT2D eigenvalue weighted by molar-refractivity contribution is 5.94. The van der Waals surface area contributed by atoms with Crippen LogP contribution in [0.5, 0.6) is 5.88 Å². The number of carbonyl (C=O) groups excluding carboxylic acids is 1. The van der Waals surface area contributed by atoms with E-state index < -0.39 is 5.97 Å². The third-order valence-electron chi connectivity index (χ3n) is 3.83. The summed E-state index contributed by atoms with van der Waals surface area (Å²) in [6.07, 6.45) is 7.30. The van der Waals surface area contributed by atoms with Gasteiger partial charge in [0.2, 0.25) is 5.88 Å². The van der Waals surface area contributed by atoms with Crippen LogP contribution < -0.4 is 4.74 Å². The molecule has 6 heteroatoms.